The van der Waals surface area contributed by atoms with Gasteiger partial charge in [-0.3, -0.25) is 4.79 Å². The minimum absolute atomic E-state index is 0.217. The van der Waals surface area contributed by atoms with E-state index in [4.69, 9.17) is 4.42 Å². The number of fused-ring (bicyclic) bond motifs is 2. The van der Waals surface area contributed by atoms with Gasteiger partial charge in [0, 0.05) is 6.07 Å². The molecule has 0 atom stereocenters. The lowest BCUT2D eigenvalue weighted by Crippen LogP contribution is -2.02. The molecule has 3 rings (SSSR count). The maximum Gasteiger partial charge on any atom is 0.200 e. The molecule has 18 heavy (non-hydrogen) atoms. The van der Waals surface area contributed by atoms with E-state index in [0.717, 1.165) is 5.56 Å². The number of aryl methyl sites for hydroxylation is 1. The highest BCUT2D eigenvalue weighted by atomic mass is 16.3. The van der Waals surface area contributed by atoms with Crippen LogP contribution in [0.2, 0.25) is 0 Å². The number of benzene rings is 2. The van der Waals surface area contributed by atoms with E-state index in [0.29, 0.717) is 11.0 Å². The molecule has 1 aromatic heterocycles. The number of aromatic hydroxyl groups is 2. The SMILES string of the molecule is Cc1ccc2oc3cc(O)c(O)cc3c(=O)c2c1. The minimum Gasteiger partial charge on any atom is -0.504 e. The summed E-state index contributed by atoms with van der Waals surface area (Å²) in [5.74, 6) is -0.640. The molecule has 0 amide bonds. The summed E-state index contributed by atoms with van der Waals surface area (Å²) in [6, 6.07) is 7.76. The maximum atomic E-state index is 12.3. The van der Waals surface area contributed by atoms with Gasteiger partial charge in [-0.2, -0.15) is 0 Å². The topological polar surface area (TPSA) is 70.7 Å². The largest absolute Gasteiger partial charge is 0.504 e. The predicted octanol–water partition coefficient (Wildman–Crippen LogP) is 2.67. The monoisotopic (exact) mass is 242 g/mol. The van der Waals surface area contributed by atoms with Gasteiger partial charge >= 0.3 is 0 Å². The second kappa shape index (κ2) is 3.50. The zero-order valence-electron chi connectivity index (χ0n) is 9.60. The Hall–Kier alpha value is -2.49. The molecular weight excluding hydrogens is 232 g/mol. The van der Waals surface area contributed by atoms with E-state index >= 15 is 0 Å². The molecule has 0 aliphatic heterocycles. The minimum atomic E-state index is -0.332. The highest BCUT2D eigenvalue weighted by molar-refractivity contribution is 5.91. The summed E-state index contributed by atoms with van der Waals surface area (Å²) >= 11 is 0. The van der Waals surface area contributed by atoms with Crippen LogP contribution >= 0.6 is 0 Å². The van der Waals surface area contributed by atoms with Crippen LogP contribution in [0.15, 0.2) is 39.5 Å². The summed E-state index contributed by atoms with van der Waals surface area (Å²) in [7, 11) is 0. The lowest BCUT2D eigenvalue weighted by Gasteiger charge is -2.04. The van der Waals surface area contributed by atoms with Crippen molar-refractivity contribution in [3.05, 3.63) is 46.1 Å². The standard InChI is InChI=1S/C14H10O4/c1-7-2-3-12-8(4-7)14(17)9-5-10(15)11(16)6-13(9)18-12/h2-6,15-16H,1H3. The van der Waals surface area contributed by atoms with Crippen molar-refractivity contribution in [2.75, 3.05) is 0 Å². The molecule has 0 aliphatic carbocycles. The lowest BCUT2D eigenvalue weighted by molar-refractivity contribution is 0.404. The fraction of sp³-hybridized carbons (Fsp3) is 0.0714. The van der Waals surface area contributed by atoms with Crippen LogP contribution in [0.5, 0.6) is 11.5 Å². The molecule has 0 bridgehead atoms. The first-order valence-electron chi connectivity index (χ1n) is 5.45. The van der Waals surface area contributed by atoms with Crippen molar-refractivity contribution >= 4 is 21.9 Å². The van der Waals surface area contributed by atoms with E-state index in [1.807, 2.05) is 13.0 Å². The van der Waals surface area contributed by atoms with E-state index in [1.165, 1.54) is 12.1 Å². The van der Waals surface area contributed by atoms with Crippen molar-refractivity contribution in [3.63, 3.8) is 0 Å². The van der Waals surface area contributed by atoms with Crippen molar-refractivity contribution < 1.29 is 14.6 Å². The van der Waals surface area contributed by atoms with Gasteiger partial charge in [0.25, 0.3) is 0 Å². The summed E-state index contributed by atoms with van der Waals surface area (Å²) in [5.41, 5.74) is 1.46. The van der Waals surface area contributed by atoms with Gasteiger partial charge in [-0.1, -0.05) is 11.6 Å². The summed E-state index contributed by atoms with van der Waals surface area (Å²) in [5, 5.41) is 19.6. The van der Waals surface area contributed by atoms with Gasteiger partial charge in [-0.25, -0.2) is 0 Å². The third-order valence-electron chi connectivity index (χ3n) is 2.92. The average molecular weight is 242 g/mol. The third kappa shape index (κ3) is 1.43. The Morgan fingerprint density at radius 2 is 1.61 bits per heavy atom. The highest BCUT2D eigenvalue weighted by Crippen LogP contribution is 2.30. The molecule has 0 saturated heterocycles. The predicted molar refractivity (Wildman–Crippen MR) is 68.1 cm³/mol. The molecule has 4 nitrogen and oxygen atoms in total. The fourth-order valence-electron chi connectivity index (χ4n) is 1.99. The second-order valence-electron chi connectivity index (χ2n) is 4.27. The Balaban J connectivity index is 2.57. The van der Waals surface area contributed by atoms with E-state index < -0.39 is 0 Å². The van der Waals surface area contributed by atoms with E-state index in [2.05, 4.69) is 0 Å². The van der Waals surface area contributed by atoms with Gasteiger partial charge in [0.05, 0.1) is 10.8 Å². The van der Waals surface area contributed by atoms with Crippen molar-refractivity contribution in [2.24, 2.45) is 0 Å². The molecule has 0 spiro atoms. The van der Waals surface area contributed by atoms with Crippen LogP contribution in [0.3, 0.4) is 0 Å². The highest BCUT2D eigenvalue weighted by Gasteiger charge is 2.11. The Morgan fingerprint density at radius 1 is 0.944 bits per heavy atom. The molecule has 1 heterocycles. The number of rotatable bonds is 0. The van der Waals surface area contributed by atoms with Crippen molar-refractivity contribution in [1.29, 1.82) is 0 Å². The van der Waals surface area contributed by atoms with Crippen LogP contribution in [0, 0.1) is 6.92 Å². The maximum absolute atomic E-state index is 12.3. The van der Waals surface area contributed by atoms with Crippen LogP contribution in [0.25, 0.3) is 21.9 Å². The average Bonchev–Trinajstić information content (AvgIpc) is 2.33. The van der Waals surface area contributed by atoms with Crippen molar-refractivity contribution in [3.8, 4) is 11.5 Å². The van der Waals surface area contributed by atoms with E-state index in [9.17, 15) is 15.0 Å². The zero-order chi connectivity index (χ0) is 12.9. The van der Waals surface area contributed by atoms with Crippen molar-refractivity contribution in [2.45, 2.75) is 6.92 Å². The first-order valence-corrected chi connectivity index (χ1v) is 5.45. The van der Waals surface area contributed by atoms with Gasteiger partial charge in [0.2, 0.25) is 5.43 Å². The van der Waals surface area contributed by atoms with Crippen LogP contribution in [0.4, 0.5) is 0 Å². The molecule has 0 aliphatic rings. The molecule has 2 aromatic carbocycles. The molecule has 3 aromatic rings. The van der Waals surface area contributed by atoms with Gasteiger partial charge in [-0.15, -0.1) is 0 Å². The first kappa shape index (κ1) is 10.7. The number of hydrogen-bond donors (Lipinski definition) is 2. The van der Waals surface area contributed by atoms with Crippen molar-refractivity contribution in [1.82, 2.24) is 0 Å². The summed E-state index contributed by atoms with van der Waals surface area (Å²) in [4.78, 5) is 12.3. The molecule has 0 radical (unpaired) electrons. The fourth-order valence-corrected chi connectivity index (χ4v) is 1.99. The Kier molecular flexibility index (Phi) is 2.07. The first-order chi connectivity index (χ1) is 8.56. The molecule has 2 N–H and O–H groups in total. The van der Waals surface area contributed by atoms with Gasteiger partial charge < -0.3 is 14.6 Å². The van der Waals surface area contributed by atoms with E-state index in [-0.39, 0.29) is 27.9 Å². The van der Waals surface area contributed by atoms with Gasteiger partial charge in [0.15, 0.2) is 11.5 Å². The number of phenols is 2. The molecule has 0 fully saturated rings. The van der Waals surface area contributed by atoms with Crippen LogP contribution in [-0.2, 0) is 0 Å². The molecule has 90 valence electrons. The van der Waals surface area contributed by atoms with Crippen LogP contribution in [-0.4, -0.2) is 10.2 Å². The zero-order valence-corrected chi connectivity index (χ0v) is 9.60. The van der Waals surface area contributed by atoms with Crippen LogP contribution < -0.4 is 5.43 Å². The number of phenolic OH excluding ortho intramolecular Hbond substituents is 2. The number of hydrogen-bond acceptors (Lipinski definition) is 4. The normalized spacial score (nSPS) is 11.2. The molecule has 4 heteroatoms. The Morgan fingerprint density at radius 3 is 2.39 bits per heavy atom. The quantitative estimate of drug-likeness (QED) is 0.469. The van der Waals surface area contributed by atoms with Crippen LogP contribution in [0.1, 0.15) is 5.56 Å². The lowest BCUT2D eigenvalue weighted by atomic mass is 10.1. The summed E-state index contributed by atoms with van der Waals surface area (Å²) in [6.07, 6.45) is 0. The van der Waals surface area contributed by atoms with E-state index in [1.54, 1.807) is 12.1 Å². The summed E-state index contributed by atoms with van der Waals surface area (Å²) < 4.78 is 5.55. The smallest absolute Gasteiger partial charge is 0.200 e. The van der Waals surface area contributed by atoms with Gasteiger partial charge in [-0.05, 0) is 25.1 Å². The molecule has 0 unspecified atom stereocenters. The molecular formula is C14H10O4. The Bertz CT molecular complexity index is 830. The Labute approximate surface area is 102 Å². The van der Waals surface area contributed by atoms with Gasteiger partial charge in [0.1, 0.15) is 11.2 Å². The third-order valence-corrected chi connectivity index (χ3v) is 2.92. The second-order valence-corrected chi connectivity index (χ2v) is 4.27. The summed E-state index contributed by atoms with van der Waals surface area (Å²) in [6.45, 7) is 1.89. The molecule has 0 saturated carbocycles.